The van der Waals surface area contributed by atoms with Crippen LogP contribution in [0, 0.1) is 11.8 Å². The number of rotatable bonds is 10. The van der Waals surface area contributed by atoms with Crippen LogP contribution in [0.4, 0.5) is 0 Å². The Kier molecular flexibility index (Phi) is 11.9. The second kappa shape index (κ2) is 14.4. The summed E-state index contributed by atoms with van der Waals surface area (Å²) in [7, 11) is 1.79. The van der Waals surface area contributed by atoms with Crippen LogP contribution in [0.3, 0.4) is 0 Å². The van der Waals surface area contributed by atoms with E-state index in [1.807, 2.05) is 18.9 Å². The van der Waals surface area contributed by atoms with Gasteiger partial charge in [-0.05, 0) is 19.3 Å². The maximum absolute atomic E-state index is 13.3. The minimum absolute atomic E-state index is 0.0401. The number of ether oxygens (including phenoxy) is 1. The topological polar surface area (TPSA) is 120 Å². The van der Waals surface area contributed by atoms with Gasteiger partial charge < -0.3 is 4.74 Å². The maximum atomic E-state index is 13.3. The first-order valence-electron chi connectivity index (χ1n) is 12.5. The van der Waals surface area contributed by atoms with E-state index >= 15 is 0 Å². The zero-order valence-electron chi connectivity index (χ0n) is 20.4. The summed E-state index contributed by atoms with van der Waals surface area (Å²) in [6, 6.07) is 0.322. The van der Waals surface area contributed by atoms with E-state index in [0.29, 0.717) is 31.3 Å². The van der Waals surface area contributed by atoms with Gasteiger partial charge in [-0.25, -0.2) is 0 Å². The van der Waals surface area contributed by atoms with Crippen LogP contribution >= 0.6 is 0 Å². The molecule has 3 N–H and O–H groups in total. The van der Waals surface area contributed by atoms with Crippen molar-refractivity contribution in [1.29, 1.82) is 0 Å². The average molecular weight is 462 g/mol. The van der Waals surface area contributed by atoms with Crippen LogP contribution in [-0.2, 0) is 19.0 Å². The number of nitrogens with zero attached hydrogens (tertiary/aromatic N) is 2. The van der Waals surface area contributed by atoms with E-state index in [1.54, 1.807) is 6.82 Å². The molecule has 2 rings (SSSR count). The Balaban J connectivity index is 1.82. The Morgan fingerprint density at radius 1 is 1.21 bits per heavy atom. The van der Waals surface area contributed by atoms with Crippen LogP contribution in [0.1, 0.15) is 71.1 Å². The summed E-state index contributed by atoms with van der Waals surface area (Å²) in [4.78, 5) is 30.9. The monoisotopic (exact) mass is 462 g/mol. The molecule has 9 nitrogen and oxygen atoms in total. The molecule has 0 aromatic carbocycles. The molecule has 0 aliphatic heterocycles. The van der Waals surface area contributed by atoms with Gasteiger partial charge in [-0.15, -0.1) is 0 Å². The molecule has 0 aromatic heterocycles. The molecule has 33 heavy (non-hydrogen) atoms. The predicted octanol–water partition coefficient (Wildman–Crippen LogP) is 1.56. The van der Waals surface area contributed by atoms with Gasteiger partial charge in [0.2, 0.25) is 0 Å². The summed E-state index contributed by atoms with van der Waals surface area (Å²) in [5.41, 5.74) is 0. The van der Waals surface area contributed by atoms with E-state index < -0.39 is 7.05 Å². The van der Waals surface area contributed by atoms with Crippen molar-refractivity contribution in [3.8, 4) is 0 Å². The number of esters is 1. The first-order chi connectivity index (χ1) is 15.8. The third kappa shape index (κ3) is 9.47. The van der Waals surface area contributed by atoms with Crippen LogP contribution in [-0.4, -0.2) is 74.1 Å². The Morgan fingerprint density at radius 2 is 1.94 bits per heavy atom. The zero-order chi connectivity index (χ0) is 24.2. The third-order valence-corrected chi connectivity index (χ3v) is 6.81. The first kappa shape index (κ1) is 27.3. The van der Waals surface area contributed by atoms with Crippen molar-refractivity contribution in [3.63, 3.8) is 0 Å². The van der Waals surface area contributed by atoms with Gasteiger partial charge in [0.25, 0.3) is 0 Å². The molecule has 0 aromatic rings. The molecule has 2 aliphatic rings. The number of amides is 1. The van der Waals surface area contributed by atoms with Crippen LogP contribution < -0.4 is 10.6 Å². The van der Waals surface area contributed by atoms with Crippen molar-refractivity contribution in [1.82, 2.24) is 15.5 Å². The van der Waals surface area contributed by atoms with E-state index in [4.69, 9.17) is 4.74 Å². The Labute approximate surface area is 198 Å². The van der Waals surface area contributed by atoms with E-state index in [2.05, 4.69) is 15.5 Å². The molecule has 2 atom stereocenters. The summed E-state index contributed by atoms with van der Waals surface area (Å²) in [5.74, 6) is 0.969. The molecule has 2 unspecified atom stereocenters. The normalized spacial score (nSPS) is 25.5. The molecule has 0 saturated heterocycles. The Bertz CT molecular complexity index is 671. The number of hydrogen-bond donors (Lipinski definition) is 3. The average Bonchev–Trinajstić information content (AvgIpc) is 2.80. The second-order valence-corrected chi connectivity index (χ2v) is 9.33. The fourth-order valence-corrected chi connectivity index (χ4v) is 5.04. The number of carbonyl (C=O) groups excluding carboxylic acids is 2. The molecule has 0 heterocycles. The van der Waals surface area contributed by atoms with E-state index in [0.717, 1.165) is 58.5 Å². The molecule has 2 fully saturated rings. The van der Waals surface area contributed by atoms with Crippen LogP contribution in [0.2, 0.25) is 6.82 Å². The van der Waals surface area contributed by atoms with E-state index in [-0.39, 0.29) is 36.3 Å². The predicted molar refractivity (Wildman–Crippen MR) is 129 cm³/mol. The number of hydrogen-bond acceptors (Lipinski definition) is 6. The van der Waals surface area contributed by atoms with Crippen molar-refractivity contribution < 1.29 is 24.1 Å². The van der Waals surface area contributed by atoms with Crippen LogP contribution in [0.5, 0.6) is 0 Å². The van der Waals surface area contributed by atoms with Gasteiger partial charge in [0.05, 0.1) is 6.61 Å². The van der Waals surface area contributed by atoms with Gasteiger partial charge in [0.1, 0.15) is 0 Å². The van der Waals surface area contributed by atoms with Crippen LogP contribution in [0.25, 0.3) is 0 Å². The van der Waals surface area contributed by atoms with E-state index in [1.165, 1.54) is 0 Å². The van der Waals surface area contributed by atoms with E-state index in [9.17, 15) is 19.3 Å². The molecule has 1 amide bonds. The summed E-state index contributed by atoms with van der Waals surface area (Å²) in [6.07, 6.45) is 8.94. The summed E-state index contributed by atoms with van der Waals surface area (Å²) >= 11 is 0. The van der Waals surface area contributed by atoms with Gasteiger partial charge in [0.15, 0.2) is 0 Å². The zero-order valence-corrected chi connectivity index (χ0v) is 20.4. The molecule has 2 saturated carbocycles. The Hall–Kier alpha value is -1.90. The molecule has 0 radical (unpaired) electrons. The molecular weight excluding hydrogens is 422 g/mol. The van der Waals surface area contributed by atoms with Crippen molar-refractivity contribution in [2.45, 2.75) is 90.0 Å². The third-order valence-electron chi connectivity index (χ3n) is 6.81. The number of nitrogens with one attached hydrogen (secondary N) is 2. The summed E-state index contributed by atoms with van der Waals surface area (Å²) < 4.78 is 15.7. The van der Waals surface area contributed by atoms with Gasteiger partial charge in [-0.2, -0.15) is 0 Å². The van der Waals surface area contributed by atoms with Crippen molar-refractivity contribution >= 4 is 32.0 Å². The standard InChI is InChI=1S/C22H40B2N4O5/c1-4-33-20(29)13-10-16-8-11-19(12-9-16)28(3)21(30)17-6-5-7-18(14-17)26-22(25-15-23-31)27-24(2)32/h16-19,32H,4-15H2,1-3H3,(H2,25,26,27). The molecule has 0 bridgehead atoms. The second-order valence-electron chi connectivity index (χ2n) is 9.33. The van der Waals surface area contributed by atoms with Gasteiger partial charge in [-0.1, -0.05) is 0 Å². The van der Waals surface area contributed by atoms with Gasteiger partial charge in [-0.3, -0.25) is 4.79 Å². The molecular formula is C22H40B2N4O5. The SMILES string of the molecule is CCOC(=O)CCC1CCC(N(C)C(=O)C2CCCC(N/C(=N\B(C)O)NCB=O)C2)CC1. The molecule has 2 aliphatic carbocycles. The van der Waals surface area contributed by atoms with Crippen molar-refractivity contribution in [2.24, 2.45) is 16.7 Å². The fraction of sp³-hybridized carbons (Fsp3) is 0.864. The van der Waals surface area contributed by atoms with Crippen molar-refractivity contribution in [2.75, 3.05) is 20.1 Å². The summed E-state index contributed by atoms with van der Waals surface area (Å²) in [6.45, 7) is 3.81. The van der Waals surface area contributed by atoms with Crippen LogP contribution in [0.15, 0.2) is 4.90 Å². The molecule has 0 spiro atoms. The van der Waals surface area contributed by atoms with Gasteiger partial charge >= 0.3 is 157 Å². The van der Waals surface area contributed by atoms with Crippen molar-refractivity contribution in [3.05, 3.63) is 0 Å². The Morgan fingerprint density at radius 3 is 2.58 bits per heavy atom. The molecule has 184 valence electrons. The molecule has 11 heteroatoms. The first-order valence-corrected chi connectivity index (χ1v) is 12.5. The number of guanidine groups is 1. The number of carbonyl (C=O) groups is 2. The fourth-order valence-electron chi connectivity index (χ4n) is 5.04. The minimum atomic E-state index is -0.883. The summed E-state index contributed by atoms with van der Waals surface area (Å²) in [5, 5.41) is 15.7. The quantitative estimate of drug-likeness (QED) is 0.195. The van der Waals surface area contributed by atoms with Gasteiger partial charge in [0, 0.05) is 6.42 Å².